The largest absolute Gasteiger partial charge is 0.408 e. The van der Waals surface area contributed by atoms with Crippen LogP contribution in [0.5, 0.6) is 0 Å². The predicted octanol–water partition coefficient (Wildman–Crippen LogP) is 6.41. The van der Waals surface area contributed by atoms with Crippen LogP contribution in [0.25, 0.3) is 10.4 Å². The summed E-state index contributed by atoms with van der Waals surface area (Å²) in [6, 6.07) is 9.20. The summed E-state index contributed by atoms with van der Waals surface area (Å²) in [5, 5.41) is 16.1. The van der Waals surface area contributed by atoms with E-state index in [1.54, 1.807) is 0 Å². The number of azide groups is 1. The molecule has 1 saturated heterocycles. The Kier molecular flexibility index (Phi) is 8.34. The van der Waals surface area contributed by atoms with Crippen molar-refractivity contribution in [3.05, 3.63) is 46.3 Å². The van der Waals surface area contributed by atoms with Gasteiger partial charge in [0.25, 0.3) is 0 Å². The molecule has 0 amide bonds. The van der Waals surface area contributed by atoms with Crippen LogP contribution in [0.2, 0.25) is 36.3 Å². The van der Waals surface area contributed by atoms with Gasteiger partial charge in [-0.1, -0.05) is 90.1 Å². The molecule has 0 saturated carbocycles. The summed E-state index contributed by atoms with van der Waals surface area (Å²) in [4.78, 5) is 3.12. The third-order valence-corrected chi connectivity index (χ3v) is 18.4. The number of aliphatic hydroxyl groups is 1. The second-order valence-electron chi connectivity index (χ2n) is 12.2. The second kappa shape index (κ2) is 9.81. The molecule has 1 fully saturated rings. The fraction of sp³-hybridized carbons (Fsp3) is 0.750. The Morgan fingerprint density at radius 3 is 2.12 bits per heavy atom. The molecule has 0 aromatic heterocycles. The van der Waals surface area contributed by atoms with Crippen molar-refractivity contribution in [3.63, 3.8) is 0 Å². The van der Waals surface area contributed by atoms with Crippen LogP contribution in [0.15, 0.2) is 35.4 Å². The molecule has 1 aromatic rings. The van der Waals surface area contributed by atoms with E-state index in [1.807, 2.05) is 30.3 Å². The first kappa shape index (κ1) is 28.0. The number of hydrogen-bond acceptors (Lipinski definition) is 5. The molecule has 0 aliphatic carbocycles. The molecule has 0 radical (unpaired) electrons. The van der Waals surface area contributed by atoms with Crippen LogP contribution >= 0.6 is 0 Å². The van der Waals surface area contributed by atoms with Crippen molar-refractivity contribution in [2.75, 3.05) is 6.61 Å². The number of ether oxygens (including phenoxy) is 2. The Morgan fingerprint density at radius 2 is 1.64 bits per heavy atom. The Bertz CT molecular complexity index is 846. The van der Waals surface area contributed by atoms with E-state index in [2.05, 4.69) is 77.8 Å². The molecule has 2 rings (SSSR count). The van der Waals surface area contributed by atoms with E-state index >= 15 is 0 Å². The van der Waals surface area contributed by atoms with Gasteiger partial charge in [-0.3, -0.25) is 0 Å². The van der Waals surface area contributed by atoms with Gasteiger partial charge in [0.05, 0.1) is 25.4 Å². The maximum absolute atomic E-state index is 12.2. The molecule has 33 heavy (non-hydrogen) atoms. The van der Waals surface area contributed by atoms with E-state index < -0.39 is 40.1 Å². The predicted molar refractivity (Wildman–Crippen MR) is 138 cm³/mol. The highest BCUT2D eigenvalue weighted by molar-refractivity contribution is 6.82. The highest BCUT2D eigenvalue weighted by Gasteiger charge is 2.66. The van der Waals surface area contributed by atoms with Crippen LogP contribution in [0.1, 0.15) is 47.1 Å². The summed E-state index contributed by atoms with van der Waals surface area (Å²) in [5.74, 6) is 0. The van der Waals surface area contributed by atoms with Gasteiger partial charge in [0.2, 0.25) is 0 Å². The molecule has 9 heteroatoms. The number of hydrogen-bond donors (Lipinski definition) is 1. The van der Waals surface area contributed by atoms with Crippen molar-refractivity contribution >= 4 is 16.4 Å². The first-order chi connectivity index (χ1) is 15.0. The van der Waals surface area contributed by atoms with Crippen molar-refractivity contribution < 1.29 is 19.0 Å². The molecule has 1 heterocycles. The second-order valence-corrected chi connectivity index (χ2v) is 22.4. The fourth-order valence-electron chi connectivity index (χ4n) is 3.67. The van der Waals surface area contributed by atoms with Crippen molar-refractivity contribution in [2.45, 2.75) is 108 Å². The van der Waals surface area contributed by atoms with E-state index in [0.717, 1.165) is 5.56 Å². The minimum atomic E-state index is -2.54. The van der Waals surface area contributed by atoms with Gasteiger partial charge in [0.1, 0.15) is 14.2 Å². The molecule has 7 nitrogen and oxygen atoms in total. The molecule has 1 N–H and O–H groups in total. The molecule has 0 spiro atoms. The maximum atomic E-state index is 12.2. The van der Waals surface area contributed by atoms with Gasteiger partial charge < -0.3 is 19.0 Å². The summed E-state index contributed by atoms with van der Waals surface area (Å²) in [5.41, 5.74) is 8.92. The Balaban J connectivity index is 2.44. The molecule has 186 valence electrons. The number of benzene rings is 1. The molecular weight excluding hydrogens is 450 g/mol. The van der Waals surface area contributed by atoms with Crippen molar-refractivity contribution in [2.24, 2.45) is 5.11 Å². The molecule has 4 atom stereocenters. The molecular formula is C24H43N3O4Si2. The zero-order chi connectivity index (χ0) is 25.3. The van der Waals surface area contributed by atoms with Crippen LogP contribution in [0.4, 0.5) is 0 Å². The minimum absolute atomic E-state index is 0.0792. The van der Waals surface area contributed by atoms with Crippen molar-refractivity contribution in [3.8, 4) is 0 Å². The number of nitrogens with zero attached hydrogens (tertiary/aromatic N) is 3. The Labute approximate surface area is 201 Å². The number of rotatable bonds is 8. The van der Waals surface area contributed by atoms with E-state index in [4.69, 9.17) is 13.9 Å². The van der Waals surface area contributed by atoms with Gasteiger partial charge >= 0.3 is 0 Å². The highest BCUT2D eigenvalue weighted by atomic mass is 28.4. The monoisotopic (exact) mass is 493 g/mol. The maximum Gasteiger partial charge on any atom is 0.192 e. The molecule has 1 aliphatic heterocycles. The molecule has 1 aliphatic rings. The Hall–Kier alpha value is -1.20. The van der Waals surface area contributed by atoms with Crippen molar-refractivity contribution in [1.82, 2.24) is 0 Å². The lowest BCUT2D eigenvalue weighted by Gasteiger charge is -2.51. The highest BCUT2D eigenvalue weighted by Crippen LogP contribution is 2.51. The van der Waals surface area contributed by atoms with Crippen LogP contribution in [-0.4, -0.2) is 51.8 Å². The SMILES string of the molecule is CC(C)(C)[Si](C)(C)O[C@@H]1[C@H](N=[N+]=[N-])[C@@H](COCc2ccccc2)O[C@]1(O)[Si](C)(C)C(C)(C)C. The standard InChI is InChI=1S/C24H43N3O4Si2/c1-22(2,3)32(7,8)24(28)21(31-33(9,10)23(4,5)6)20(26-27-25)19(30-24)17-29-16-18-14-12-11-13-15-18/h11-15,19-21,28H,16-17H2,1-10H3/t19-,20-,21-,24+/m1/s1. The van der Waals surface area contributed by atoms with E-state index in [0.29, 0.717) is 6.61 Å². The van der Waals surface area contributed by atoms with E-state index in [9.17, 15) is 10.6 Å². The molecule has 0 unspecified atom stereocenters. The van der Waals surface area contributed by atoms with E-state index in [1.165, 1.54) is 0 Å². The first-order valence-electron chi connectivity index (χ1n) is 11.7. The van der Waals surface area contributed by atoms with Gasteiger partial charge in [0.15, 0.2) is 13.7 Å². The zero-order valence-corrected chi connectivity index (χ0v) is 24.0. The average molecular weight is 494 g/mol. The average Bonchev–Trinajstić information content (AvgIpc) is 2.94. The third kappa shape index (κ3) is 5.73. The third-order valence-electron chi connectivity index (χ3n) is 7.98. The van der Waals surface area contributed by atoms with Crippen LogP contribution in [0, 0.1) is 0 Å². The zero-order valence-electron chi connectivity index (χ0n) is 22.0. The Morgan fingerprint density at radius 1 is 1.06 bits per heavy atom. The van der Waals surface area contributed by atoms with Gasteiger partial charge in [-0.15, -0.1) is 0 Å². The normalized spacial score (nSPS) is 26.8. The molecule has 0 bridgehead atoms. The summed E-state index contributed by atoms with van der Waals surface area (Å²) in [6.45, 7) is 22.0. The van der Waals surface area contributed by atoms with Crippen LogP contribution in [0.3, 0.4) is 0 Å². The summed E-state index contributed by atoms with van der Waals surface area (Å²) in [7, 11) is -4.86. The molecule has 1 aromatic carbocycles. The smallest absolute Gasteiger partial charge is 0.192 e. The van der Waals surface area contributed by atoms with Gasteiger partial charge in [-0.25, -0.2) is 0 Å². The van der Waals surface area contributed by atoms with Crippen LogP contribution in [-0.2, 0) is 20.5 Å². The van der Waals surface area contributed by atoms with Crippen LogP contribution < -0.4 is 0 Å². The summed E-state index contributed by atoms with van der Waals surface area (Å²) in [6.07, 6.45) is -1.35. The quantitative estimate of drug-likeness (QED) is 0.196. The van der Waals surface area contributed by atoms with Gasteiger partial charge in [-0.05, 0) is 34.3 Å². The van der Waals surface area contributed by atoms with E-state index in [-0.39, 0.29) is 16.7 Å². The lowest BCUT2D eigenvalue weighted by Crippen LogP contribution is -2.67. The fourth-order valence-corrected chi connectivity index (χ4v) is 7.54. The summed E-state index contributed by atoms with van der Waals surface area (Å²) >= 11 is 0. The van der Waals surface area contributed by atoms with Gasteiger partial charge in [0, 0.05) is 4.91 Å². The lowest BCUT2D eigenvalue weighted by molar-refractivity contribution is -0.180. The first-order valence-corrected chi connectivity index (χ1v) is 17.6. The van der Waals surface area contributed by atoms with Gasteiger partial charge in [-0.2, -0.15) is 0 Å². The topological polar surface area (TPSA) is 96.7 Å². The summed E-state index contributed by atoms with van der Waals surface area (Å²) < 4.78 is 19.2. The minimum Gasteiger partial charge on any atom is -0.408 e. The van der Waals surface area contributed by atoms with Crippen molar-refractivity contribution in [1.29, 1.82) is 0 Å². The lowest BCUT2D eigenvalue weighted by atomic mass is 10.1.